The summed E-state index contributed by atoms with van der Waals surface area (Å²) in [5.74, 6) is -0.841. The summed E-state index contributed by atoms with van der Waals surface area (Å²) in [6.45, 7) is 4.95. The maximum absolute atomic E-state index is 13.8. The normalized spacial score (nSPS) is 16.4. The summed E-state index contributed by atoms with van der Waals surface area (Å²) in [6, 6.07) is 8.40. The van der Waals surface area contributed by atoms with E-state index < -0.39 is 17.9 Å². The van der Waals surface area contributed by atoms with Crippen LogP contribution in [0.1, 0.15) is 48.2 Å². The number of methoxy groups -OCH3 is 1. The van der Waals surface area contributed by atoms with E-state index in [9.17, 15) is 19.6 Å². The van der Waals surface area contributed by atoms with Crippen LogP contribution in [-0.2, 0) is 16.1 Å². The lowest BCUT2D eigenvalue weighted by Gasteiger charge is -2.33. The van der Waals surface area contributed by atoms with Gasteiger partial charge in [-0.05, 0) is 30.4 Å². The van der Waals surface area contributed by atoms with Crippen molar-refractivity contribution >= 4 is 39.4 Å². The molecule has 3 heterocycles. The third-order valence-electron chi connectivity index (χ3n) is 6.52. The Morgan fingerprint density at radius 1 is 1.35 bits per heavy atom. The van der Waals surface area contributed by atoms with E-state index in [2.05, 4.69) is 11.4 Å². The average molecular weight is 523 g/mol. The SMILES string of the molecule is COC(=O)[C@@H](NC(=O)c1csc2c(=O)n(Cc3ccccc3C#N)c(N3CCC[C@@H](N)C3)nc12)C(C)C. The van der Waals surface area contributed by atoms with Crippen LogP contribution in [0.4, 0.5) is 5.95 Å². The van der Waals surface area contributed by atoms with Crippen LogP contribution in [-0.4, -0.2) is 53.7 Å². The third-order valence-corrected chi connectivity index (χ3v) is 7.47. The zero-order chi connectivity index (χ0) is 26.7. The number of nitriles is 1. The van der Waals surface area contributed by atoms with E-state index in [0.29, 0.717) is 34.9 Å². The number of nitrogens with two attached hydrogens (primary N) is 1. The van der Waals surface area contributed by atoms with Gasteiger partial charge in [0, 0.05) is 24.5 Å². The van der Waals surface area contributed by atoms with E-state index in [4.69, 9.17) is 15.5 Å². The highest BCUT2D eigenvalue weighted by molar-refractivity contribution is 7.17. The predicted molar refractivity (Wildman–Crippen MR) is 142 cm³/mol. The van der Waals surface area contributed by atoms with Gasteiger partial charge in [0.15, 0.2) is 0 Å². The number of fused-ring (bicyclic) bond motifs is 1. The lowest BCUT2D eigenvalue weighted by Crippen LogP contribution is -2.46. The van der Waals surface area contributed by atoms with Gasteiger partial charge in [-0.25, -0.2) is 9.78 Å². The van der Waals surface area contributed by atoms with Crippen molar-refractivity contribution in [3.8, 4) is 6.07 Å². The van der Waals surface area contributed by atoms with E-state index in [1.807, 2.05) is 17.0 Å². The molecule has 3 N–H and O–H groups in total. The molecule has 1 aromatic carbocycles. The number of carbonyl (C=O) groups is 2. The number of esters is 1. The minimum absolute atomic E-state index is 0.0710. The summed E-state index contributed by atoms with van der Waals surface area (Å²) in [6.07, 6.45) is 1.71. The van der Waals surface area contributed by atoms with Crippen LogP contribution in [0.25, 0.3) is 10.2 Å². The minimum atomic E-state index is -0.838. The molecular formula is C26H30N6O4S. The quantitative estimate of drug-likeness (QED) is 0.450. The summed E-state index contributed by atoms with van der Waals surface area (Å²) in [4.78, 5) is 46.0. The molecule has 1 amide bonds. The van der Waals surface area contributed by atoms with Crippen LogP contribution in [0.2, 0.25) is 0 Å². The summed E-state index contributed by atoms with van der Waals surface area (Å²) in [5.41, 5.74) is 7.61. The largest absolute Gasteiger partial charge is 0.467 e. The number of ether oxygens (including phenoxy) is 1. The van der Waals surface area contributed by atoms with E-state index in [1.165, 1.54) is 7.11 Å². The highest BCUT2D eigenvalue weighted by Crippen LogP contribution is 2.27. The predicted octanol–water partition coefficient (Wildman–Crippen LogP) is 2.23. The number of amides is 1. The van der Waals surface area contributed by atoms with Crippen LogP contribution >= 0.6 is 11.3 Å². The molecule has 0 aliphatic carbocycles. The third kappa shape index (κ3) is 5.35. The maximum Gasteiger partial charge on any atom is 0.328 e. The number of thiophene rings is 1. The number of anilines is 1. The molecule has 4 rings (SSSR count). The number of aromatic nitrogens is 2. The van der Waals surface area contributed by atoms with Crippen LogP contribution in [0.15, 0.2) is 34.4 Å². The van der Waals surface area contributed by atoms with Crippen molar-refractivity contribution in [2.45, 2.75) is 45.3 Å². The molecule has 2 aromatic heterocycles. The summed E-state index contributed by atoms with van der Waals surface area (Å²) >= 11 is 1.13. The Balaban J connectivity index is 1.83. The number of rotatable bonds is 7. The molecule has 0 spiro atoms. The summed E-state index contributed by atoms with van der Waals surface area (Å²) < 4.78 is 6.72. The topological polar surface area (TPSA) is 143 Å². The molecular weight excluding hydrogens is 492 g/mol. The molecule has 1 aliphatic heterocycles. The molecule has 194 valence electrons. The molecule has 10 nitrogen and oxygen atoms in total. The smallest absolute Gasteiger partial charge is 0.328 e. The molecule has 0 bridgehead atoms. The van der Waals surface area contributed by atoms with Gasteiger partial charge in [-0.15, -0.1) is 11.3 Å². The molecule has 0 unspecified atom stereocenters. The van der Waals surface area contributed by atoms with Gasteiger partial charge in [-0.2, -0.15) is 5.26 Å². The first-order chi connectivity index (χ1) is 17.7. The zero-order valence-electron chi connectivity index (χ0n) is 21.1. The lowest BCUT2D eigenvalue weighted by atomic mass is 10.0. The standard InChI is InChI=1S/C26H30N6O4S/c1-15(2)20(25(35)36-3)29-23(33)19-14-37-22-21(19)30-26(31-10-6-9-18(28)13-31)32(24(22)34)12-17-8-5-4-7-16(17)11-27/h4-5,7-8,14-15,18,20H,6,9-10,12-13,28H2,1-3H3,(H,29,33)/t18-,20+/m1/s1. The molecule has 2 atom stereocenters. The van der Waals surface area contributed by atoms with Gasteiger partial charge in [0.25, 0.3) is 11.5 Å². The van der Waals surface area contributed by atoms with Crippen LogP contribution in [0.3, 0.4) is 0 Å². The second-order valence-electron chi connectivity index (χ2n) is 9.47. The first-order valence-electron chi connectivity index (χ1n) is 12.1. The van der Waals surface area contributed by atoms with Gasteiger partial charge in [0.05, 0.1) is 30.9 Å². The van der Waals surface area contributed by atoms with Gasteiger partial charge >= 0.3 is 5.97 Å². The highest BCUT2D eigenvalue weighted by Gasteiger charge is 2.29. The number of hydrogen-bond acceptors (Lipinski definition) is 9. The number of benzene rings is 1. The lowest BCUT2D eigenvalue weighted by molar-refractivity contribution is -0.144. The number of nitrogens with one attached hydrogen (secondary N) is 1. The Labute approximate surface area is 218 Å². The van der Waals surface area contributed by atoms with Crippen molar-refractivity contribution in [2.75, 3.05) is 25.1 Å². The Hall–Kier alpha value is -3.75. The van der Waals surface area contributed by atoms with Gasteiger partial charge < -0.3 is 20.7 Å². The van der Waals surface area contributed by atoms with Gasteiger partial charge in [0.1, 0.15) is 16.3 Å². The Bertz CT molecular complexity index is 1420. The fourth-order valence-electron chi connectivity index (χ4n) is 4.51. The number of hydrogen-bond donors (Lipinski definition) is 2. The fourth-order valence-corrected chi connectivity index (χ4v) is 5.44. The summed E-state index contributed by atoms with van der Waals surface area (Å²) in [5, 5.41) is 13.9. The molecule has 0 saturated carbocycles. The van der Waals surface area contributed by atoms with Crippen molar-refractivity contribution in [1.29, 1.82) is 5.26 Å². The monoisotopic (exact) mass is 522 g/mol. The Morgan fingerprint density at radius 3 is 2.78 bits per heavy atom. The van der Waals surface area contributed by atoms with Crippen molar-refractivity contribution in [1.82, 2.24) is 14.9 Å². The van der Waals surface area contributed by atoms with Crippen LogP contribution in [0, 0.1) is 17.2 Å². The summed E-state index contributed by atoms with van der Waals surface area (Å²) in [7, 11) is 1.27. The molecule has 1 aliphatic rings. The number of nitrogens with zero attached hydrogens (tertiary/aromatic N) is 4. The van der Waals surface area contributed by atoms with E-state index >= 15 is 0 Å². The molecule has 11 heteroatoms. The van der Waals surface area contributed by atoms with E-state index in [1.54, 1.807) is 35.9 Å². The molecule has 1 fully saturated rings. The average Bonchev–Trinajstić information content (AvgIpc) is 3.32. The molecule has 3 aromatic rings. The van der Waals surface area contributed by atoms with Crippen molar-refractivity contribution in [3.63, 3.8) is 0 Å². The van der Waals surface area contributed by atoms with Crippen molar-refractivity contribution in [3.05, 3.63) is 56.7 Å². The second-order valence-corrected chi connectivity index (χ2v) is 10.3. The minimum Gasteiger partial charge on any atom is -0.467 e. The zero-order valence-corrected chi connectivity index (χ0v) is 21.9. The van der Waals surface area contributed by atoms with E-state index in [0.717, 1.165) is 24.2 Å². The van der Waals surface area contributed by atoms with Gasteiger partial charge in [-0.3, -0.25) is 14.2 Å². The van der Waals surface area contributed by atoms with Crippen LogP contribution in [0.5, 0.6) is 0 Å². The van der Waals surface area contributed by atoms with Gasteiger partial charge in [0.2, 0.25) is 5.95 Å². The first kappa shape index (κ1) is 26.3. The number of carbonyl (C=O) groups excluding carboxylic acids is 2. The maximum atomic E-state index is 13.8. The van der Waals surface area contributed by atoms with Gasteiger partial charge in [-0.1, -0.05) is 32.0 Å². The first-order valence-corrected chi connectivity index (χ1v) is 13.0. The Kier molecular flexibility index (Phi) is 7.90. The molecule has 1 saturated heterocycles. The van der Waals surface area contributed by atoms with Crippen LogP contribution < -0.4 is 21.5 Å². The fraction of sp³-hybridized carbons (Fsp3) is 0.423. The second kappa shape index (κ2) is 11.1. The highest BCUT2D eigenvalue weighted by atomic mass is 32.1. The van der Waals surface area contributed by atoms with Crippen molar-refractivity contribution < 1.29 is 14.3 Å². The number of piperidine rings is 1. The Morgan fingerprint density at radius 2 is 2.11 bits per heavy atom. The van der Waals surface area contributed by atoms with Crippen molar-refractivity contribution in [2.24, 2.45) is 11.7 Å². The molecule has 37 heavy (non-hydrogen) atoms. The molecule has 0 radical (unpaired) electrons. The van der Waals surface area contributed by atoms with E-state index in [-0.39, 0.29) is 35.1 Å².